The monoisotopic (exact) mass is 284 g/mol. The third-order valence-corrected chi connectivity index (χ3v) is 3.39. The van der Waals surface area contributed by atoms with Crippen molar-refractivity contribution in [2.75, 3.05) is 6.61 Å². The van der Waals surface area contributed by atoms with Gasteiger partial charge >= 0.3 is 0 Å². The maximum absolute atomic E-state index is 12.3. The van der Waals surface area contributed by atoms with Gasteiger partial charge in [-0.25, -0.2) is 0 Å². The first kappa shape index (κ1) is 15.0. The average Bonchev–Trinajstić information content (AvgIpc) is 2.71. The van der Waals surface area contributed by atoms with Gasteiger partial charge in [0.2, 0.25) is 11.4 Å². The fourth-order valence-electron chi connectivity index (χ4n) is 2.20. The minimum atomic E-state index is -2.60. The van der Waals surface area contributed by atoms with Crippen LogP contribution in [0.5, 0.6) is 0 Å². The number of benzene rings is 1. The summed E-state index contributed by atoms with van der Waals surface area (Å²) in [5.41, 5.74) is -2.52. The van der Waals surface area contributed by atoms with Gasteiger partial charge in [0.25, 0.3) is 0 Å². The van der Waals surface area contributed by atoms with E-state index in [1.54, 1.807) is 18.2 Å². The van der Waals surface area contributed by atoms with Crippen LogP contribution in [0.3, 0.4) is 0 Å². The van der Waals surface area contributed by atoms with Gasteiger partial charge in [0, 0.05) is 5.56 Å². The van der Waals surface area contributed by atoms with E-state index in [4.69, 9.17) is 9.84 Å². The van der Waals surface area contributed by atoms with Crippen LogP contribution in [0.15, 0.2) is 30.3 Å². The van der Waals surface area contributed by atoms with Gasteiger partial charge in [-0.3, -0.25) is 4.79 Å². The predicted octanol–water partition coefficient (Wildman–Crippen LogP) is -1.97. The number of rotatable bonds is 4. The van der Waals surface area contributed by atoms with Gasteiger partial charge in [-0.15, -0.1) is 0 Å². The van der Waals surface area contributed by atoms with Crippen LogP contribution in [0.25, 0.3) is 0 Å². The van der Waals surface area contributed by atoms with E-state index in [9.17, 15) is 25.2 Å². The molecule has 7 heteroatoms. The molecule has 1 aliphatic heterocycles. The first-order valence-electron chi connectivity index (χ1n) is 6.05. The Labute approximate surface area is 114 Å². The van der Waals surface area contributed by atoms with E-state index in [0.717, 1.165) is 0 Å². The van der Waals surface area contributed by atoms with E-state index >= 15 is 0 Å². The van der Waals surface area contributed by atoms with Crippen molar-refractivity contribution in [3.05, 3.63) is 35.9 Å². The van der Waals surface area contributed by atoms with Crippen molar-refractivity contribution in [3.63, 3.8) is 0 Å². The van der Waals surface area contributed by atoms with E-state index in [2.05, 4.69) is 0 Å². The molecule has 0 aliphatic carbocycles. The Morgan fingerprint density at radius 1 is 1.30 bits per heavy atom. The Bertz CT molecular complexity index is 477. The maximum atomic E-state index is 12.3. The summed E-state index contributed by atoms with van der Waals surface area (Å²) in [7, 11) is 0. The van der Waals surface area contributed by atoms with Gasteiger partial charge in [-0.05, 0) is 0 Å². The highest BCUT2D eigenvalue weighted by molar-refractivity contribution is 6.03. The predicted molar refractivity (Wildman–Crippen MR) is 65.7 cm³/mol. The number of carbonyl (C=O) groups is 1. The number of Topliss-reactive ketones (excluding diaryl/α,β-unsaturated/α-hetero) is 1. The summed E-state index contributed by atoms with van der Waals surface area (Å²) >= 11 is 0. The van der Waals surface area contributed by atoms with Crippen molar-refractivity contribution in [3.8, 4) is 0 Å². The number of hydrogen-bond donors (Lipinski definition) is 5. The highest BCUT2D eigenvalue weighted by atomic mass is 16.7. The molecule has 1 aromatic rings. The van der Waals surface area contributed by atoms with Gasteiger partial charge in [-0.2, -0.15) is 0 Å². The average molecular weight is 284 g/mol. The minimum absolute atomic E-state index is 0.0795. The van der Waals surface area contributed by atoms with Crippen LogP contribution < -0.4 is 0 Å². The maximum Gasteiger partial charge on any atom is 0.207 e. The van der Waals surface area contributed by atoms with Crippen LogP contribution in [0.1, 0.15) is 10.4 Å². The molecule has 0 unspecified atom stereocenters. The number of carbonyl (C=O) groups excluding carboxylic acids is 1. The highest BCUT2D eigenvalue weighted by Gasteiger charge is 2.61. The van der Waals surface area contributed by atoms with E-state index in [-0.39, 0.29) is 5.56 Å². The zero-order valence-electron chi connectivity index (χ0n) is 10.5. The van der Waals surface area contributed by atoms with E-state index in [1.165, 1.54) is 12.1 Å². The van der Waals surface area contributed by atoms with E-state index < -0.39 is 42.6 Å². The second-order valence-electron chi connectivity index (χ2n) is 4.67. The van der Waals surface area contributed by atoms with Gasteiger partial charge in [0.05, 0.1) is 6.61 Å². The summed E-state index contributed by atoms with van der Waals surface area (Å²) in [6, 6.07) is 7.61. The minimum Gasteiger partial charge on any atom is -0.394 e. The Kier molecular flexibility index (Phi) is 4.19. The Balaban J connectivity index is 2.32. The van der Waals surface area contributed by atoms with Crippen molar-refractivity contribution in [2.45, 2.75) is 30.2 Å². The van der Waals surface area contributed by atoms with E-state index in [1.807, 2.05) is 0 Å². The van der Waals surface area contributed by atoms with Crippen molar-refractivity contribution >= 4 is 5.78 Å². The molecule has 1 fully saturated rings. The molecule has 0 saturated carbocycles. The summed E-state index contributed by atoms with van der Waals surface area (Å²) in [5, 5.41) is 48.3. The summed E-state index contributed by atoms with van der Waals surface area (Å²) in [4.78, 5) is 12.3. The molecule has 5 atom stereocenters. The molecule has 20 heavy (non-hydrogen) atoms. The number of aliphatic hydroxyl groups excluding tert-OH is 4. The van der Waals surface area contributed by atoms with Crippen LogP contribution >= 0.6 is 0 Å². The lowest BCUT2D eigenvalue weighted by Gasteiger charge is -2.27. The smallest absolute Gasteiger partial charge is 0.207 e. The van der Waals surface area contributed by atoms with Gasteiger partial charge < -0.3 is 30.3 Å². The molecule has 1 saturated heterocycles. The number of hydrogen-bond acceptors (Lipinski definition) is 7. The summed E-state index contributed by atoms with van der Waals surface area (Å²) in [6.07, 6.45) is -6.87. The lowest BCUT2D eigenvalue weighted by Crippen LogP contribution is -2.56. The van der Waals surface area contributed by atoms with Crippen LogP contribution in [-0.2, 0) is 4.74 Å². The quantitative estimate of drug-likeness (QED) is 0.406. The first-order chi connectivity index (χ1) is 9.42. The fraction of sp³-hybridized carbons (Fsp3) is 0.462. The van der Waals surface area contributed by atoms with Crippen LogP contribution in [-0.4, -0.2) is 68.1 Å². The zero-order valence-corrected chi connectivity index (χ0v) is 10.5. The standard InChI is InChI=1S/C13H16O7/c14-6-8(15)9-11(17)13(19,12(18)20-9)10(16)7-4-2-1-3-5-7/h1-5,8-9,11-12,14-15,17-19H,6H2/t8-,9-,11+,12+,13-/m1/s1. The number of ketones is 1. The molecule has 7 nitrogen and oxygen atoms in total. The van der Waals surface area contributed by atoms with Crippen molar-refractivity contribution in [1.82, 2.24) is 0 Å². The topological polar surface area (TPSA) is 127 Å². The van der Waals surface area contributed by atoms with Gasteiger partial charge in [0.15, 0.2) is 6.29 Å². The van der Waals surface area contributed by atoms with Crippen LogP contribution in [0.4, 0.5) is 0 Å². The largest absolute Gasteiger partial charge is 0.394 e. The van der Waals surface area contributed by atoms with Crippen LogP contribution in [0.2, 0.25) is 0 Å². The Morgan fingerprint density at radius 3 is 2.45 bits per heavy atom. The first-order valence-corrected chi connectivity index (χ1v) is 6.05. The normalized spacial score (nSPS) is 35.0. The summed E-state index contributed by atoms with van der Waals surface area (Å²) < 4.78 is 4.81. The van der Waals surface area contributed by atoms with Crippen molar-refractivity contribution in [1.29, 1.82) is 0 Å². The molecule has 5 N–H and O–H groups in total. The Hall–Kier alpha value is -1.35. The molecule has 1 aromatic carbocycles. The second-order valence-corrected chi connectivity index (χ2v) is 4.67. The number of aliphatic hydroxyl groups is 5. The summed E-state index contributed by atoms with van der Waals surface area (Å²) in [6.45, 7) is -0.746. The van der Waals surface area contributed by atoms with Crippen molar-refractivity contribution < 1.29 is 35.1 Å². The lowest BCUT2D eigenvalue weighted by atomic mass is 9.85. The third kappa shape index (κ3) is 2.24. The SMILES string of the molecule is O=C(c1ccccc1)[C@]1(O)[C@@H](O)O[C@H]([C@H](O)CO)[C@@H]1O. The van der Waals surface area contributed by atoms with E-state index in [0.29, 0.717) is 0 Å². The fourth-order valence-corrected chi connectivity index (χ4v) is 2.20. The van der Waals surface area contributed by atoms with Crippen LogP contribution in [0, 0.1) is 0 Å². The zero-order chi connectivity index (χ0) is 14.9. The van der Waals surface area contributed by atoms with Gasteiger partial charge in [0.1, 0.15) is 18.3 Å². The molecule has 0 amide bonds. The molecule has 0 aromatic heterocycles. The molecule has 0 radical (unpaired) electrons. The third-order valence-electron chi connectivity index (χ3n) is 3.39. The Morgan fingerprint density at radius 2 is 1.90 bits per heavy atom. The molecule has 2 rings (SSSR count). The number of ether oxygens (including phenoxy) is 1. The molecule has 0 bridgehead atoms. The molecule has 1 heterocycles. The lowest BCUT2D eigenvalue weighted by molar-refractivity contribution is -0.166. The molecular formula is C13H16O7. The van der Waals surface area contributed by atoms with Crippen molar-refractivity contribution in [2.24, 2.45) is 0 Å². The molecule has 1 aliphatic rings. The molecular weight excluding hydrogens is 268 g/mol. The van der Waals surface area contributed by atoms with Gasteiger partial charge in [-0.1, -0.05) is 30.3 Å². The highest BCUT2D eigenvalue weighted by Crippen LogP contribution is 2.34. The summed E-state index contributed by atoms with van der Waals surface area (Å²) in [5.74, 6) is -0.925. The molecule has 0 spiro atoms. The molecule has 110 valence electrons. The second kappa shape index (κ2) is 5.57.